The van der Waals surface area contributed by atoms with Crippen molar-refractivity contribution in [1.29, 1.82) is 0 Å². The summed E-state index contributed by atoms with van der Waals surface area (Å²) < 4.78 is 5.33. The first-order valence-electron chi connectivity index (χ1n) is 5.80. The maximum Gasteiger partial charge on any atom is 0.417 e. The van der Waals surface area contributed by atoms with Gasteiger partial charge in [0.1, 0.15) is 10.3 Å². The molecule has 0 aliphatic carbocycles. The molecule has 1 aromatic heterocycles. The zero-order chi connectivity index (χ0) is 13.0. The van der Waals surface area contributed by atoms with Crippen LogP contribution in [0.1, 0.15) is 29.8 Å². The van der Waals surface area contributed by atoms with Crippen LogP contribution in [0.4, 0.5) is 4.79 Å². The van der Waals surface area contributed by atoms with Crippen molar-refractivity contribution in [3.05, 3.63) is 28.5 Å². The van der Waals surface area contributed by atoms with Crippen LogP contribution in [0.5, 0.6) is 0 Å². The van der Waals surface area contributed by atoms with E-state index in [4.69, 9.17) is 4.74 Å². The summed E-state index contributed by atoms with van der Waals surface area (Å²) in [5, 5.41) is 0. The van der Waals surface area contributed by atoms with Crippen molar-refractivity contribution in [2.75, 3.05) is 13.1 Å². The van der Waals surface area contributed by atoms with Crippen molar-refractivity contribution in [2.45, 2.75) is 19.3 Å². The molecule has 0 saturated carbocycles. The lowest BCUT2D eigenvalue weighted by molar-refractivity contribution is 0.0521. The third kappa shape index (κ3) is 3.29. The second-order valence-electron chi connectivity index (χ2n) is 4.05. The molecule has 0 atom stereocenters. The molecule has 0 N–H and O–H groups in total. The molecule has 18 heavy (non-hydrogen) atoms. The van der Waals surface area contributed by atoms with E-state index in [0.717, 1.165) is 19.3 Å². The average molecular weight is 313 g/mol. The third-order valence-electron chi connectivity index (χ3n) is 2.72. The van der Waals surface area contributed by atoms with Gasteiger partial charge < -0.3 is 9.64 Å². The molecule has 1 amide bonds. The van der Waals surface area contributed by atoms with Crippen molar-refractivity contribution < 1.29 is 14.3 Å². The Hall–Kier alpha value is -1.43. The van der Waals surface area contributed by atoms with Gasteiger partial charge in [0, 0.05) is 13.1 Å². The Morgan fingerprint density at radius 2 is 1.94 bits per heavy atom. The van der Waals surface area contributed by atoms with Gasteiger partial charge in [-0.2, -0.15) is 0 Å². The molecule has 6 heteroatoms. The topological polar surface area (TPSA) is 59.5 Å². The van der Waals surface area contributed by atoms with Gasteiger partial charge >= 0.3 is 12.1 Å². The number of pyridine rings is 1. The zero-order valence-corrected chi connectivity index (χ0v) is 11.4. The Labute approximate surface area is 113 Å². The monoisotopic (exact) mass is 312 g/mol. The molecule has 2 heterocycles. The average Bonchev–Trinajstić information content (AvgIpc) is 2.39. The Kier molecular flexibility index (Phi) is 4.30. The highest BCUT2D eigenvalue weighted by molar-refractivity contribution is 9.10. The minimum Gasteiger partial charge on any atom is -0.371 e. The van der Waals surface area contributed by atoms with Crippen molar-refractivity contribution in [3.8, 4) is 0 Å². The molecular weight excluding hydrogens is 300 g/mol. The number of hydrogen-bond acceptors (Lipinski definition) is 4. The smallest absolute Gasteiger partial charge is 0.371 e. The number of nitrogens with zero attached hydrogens (tertiary/aromatic N) is 2. The normalized spacial score (nSPS) is 15.3. The van der Waals surface area contributed by atoms with Gasteiger partial charge in [-0.1, -0.05) is 6.07 Å². The van der Waals surface area contributed by atoms with Gasteiger partial charge in [-0.3, -0.25) is 0 Å². The lowest BCUT2D eigenvalue weighted by atomic mass is 10.1. The molecule has 0 spiro atoms. The van der Waals surface area contributed by atoms with Crippen LogP contribution < -0.4 is 0 Å². The van der Waals surface area contributed by atoms with E-state index in [1.165, 1.54) is 6.07 Å². The van der Waals surface area contributed by atoms with E-state index in [1.54, 1.807) is 17.0 Å². The van der Waals surface area contributed by atoms with E-state index in [0.29, 0.717) is 17.7 Å². The summed E-state index contributed by atoms with van der Waals surface area (Å²) in [6.07, 6.45) is 2.45. The van der Waals surface area contributed by atoms with E-state index < -0.39 is 12.1 Å². The molecular formula is C12H13BrN2O3. The summed E-state index contributed by atoms with van der Waals surface area (Å²) in [5.41, 5.74) is 0.120. The van der Waals surface area contributed by atoms with Gasteiger partial charge in [0.15, 0.2) is 0 Å². The molecule has 1 aliphatic heterocycles. The van der Waals surface area contributed by atoms with E-state index in [9.17, 15) is 9.59 Å². The summed E-state index contributed by atoms with van der Waals surface area (Å²) in [6, 6.07) is 4.87. The number of piperidine rings is 1. The molecule has 0 aromatic carbocycles. The van der Waals surface area contributed by atoms with Crippen molar-refractivity contribution in [2.24, 2.45) is 0 Å². The molecule has 96 valence electrons. The molecule has 1 saturated heterocycles. The highest BCUT2D eigenvalue weighted by Gasteiger charge is 2.22. The predicted octanol–water partition coefficient (Wildman–Crippen LogP) is 2.61. The van der Waals surface area contributed by atoms with Gasteiger partial charge in [0.25, 0.3) is 0 Å². The number of esters is 1. The highest BCUT2D eigenvalue weighted by Crippen LogP contribution is 2.12. The van der Waals surface area contributed by atoms with Crippen LogP contribution in [0.2, 0.25) is 0 Å². The number of carbonyl (C=O) groups is 2. The number of carbonyl (C=O) groups excluding carboxylic acids is 2. The number of amides is 1. The molecule has 5 nitrogen and oxygen atoms in total. The number of rotatable bonds is 1. The minimum atomic E-state index is -0.716. The van der Waals surface area contributed by atoms with Gasteiger partial charge in [0.2, 0.25) is 0 Å². The number of halogens is 1. The largest absolute Gasteiger partial charge is 0.417 e. The standard InChI is InChI=1S/C12H13BrN2O3/c13-10-6-4-5-9(14-10)11(16)18-12(17)15-7-2-1-3-8-15/h4-6H,1-3,7-8H2. The first-order valence-corrected chi connectivity index (χ1v) is 6.60. The van der Waals surface area contributed by atoms with Crippen LogP contribution >= 0.6 is 15.9 Å². The quantitative estimate of drug-likeness (QED) is 0.454. The van der Waals surface area contributed by atoms with E-state index in [2.05, 4.69) is 20.9 Å². The Balaban J connectivity index is 1.96. The van der Waals surface area contributed by atoms with Crippen LogP contribution in [0, 0.1) is 0 Å². The van der Waals surface area contributed by atoms with Crippen LogP contribution in [-0.4, -0.2) is 35.0 Å². The van der Waals surface area contributed by atoms with E-state index in [1.807, 2.05) is 0 Å². The van der Waals surface area contributed by atoms with Gasteiger partial charge in [-0.15, -0.1) is 0 Å². The fourth-order valence-corrected chi connectivity index (χ4v) is 2.14. The lowest BCUT2D eigenvalue weighted by Gasteiger charge is -2.25. The highest BCUT2D eigenvalue weighted by atomic mass is 79.9. The Morgan fingerprint density at radius 1 is 1.22 bits per heavy atom. The molecule has 2 rings (SSSR count). The molecule has 0 bridgehead atoms. The molecule has 1 fully saturated rings. The molecule has 0 radical (unpaired) electrons. The van der Waals surface area contributed by atoms with Crippen LogP contribution in [0.15, 0.2) is 22.8 Å². The second-order valence-corrected chi connectivity index (χ2v) is 4.86. The molecule has 0 unspecified atom stereocenters. The summed E-state index contributed by atoms with van der Waals surface area (Å²) in [7, 11) is 0. The minimum absolute atomic E-state index is 0.120. The Bertz CT molecular complexity index is 458. The predicted molar refractivity (Wildman–Crippen MR) is 68.2 cm³/mol. The summed E-state index contributed by atoms with van der Waals surface area (Å²) in [6.45, 7) is 1.30. The zero-order valence-electron chi connectivity index (χ0n) is 9.76. The molecule has 1 aromatic rings. The summed E-state index contributed by atoms with van der Waals surface area (Å²) in [4.78, 5) is 28.9. The molecule has 1 aliphatic rings. The number of likely N-dealkylation sites (tertiary alicyclic amines) is 1. The maximum absolute atomic E-state index is 11.7. The number of hydrogen-bond donors (Lipinski definition) is 0. The maximum atomic E-state index is 11.7. The van der Waals surface area contributed by atoms with Gasteiger partial charge in [-0.25, -0.2) is 14.6 Å². The summed E-state index contributed by atoms with van der Waals surface area (Å²) in [5.74, 6) is -0.716. The van der Waals surface area contributed by atoms with E-state index in [-0.39, 0.29) is 5.69 Å². The van der Waals surface area contributed by atoms with Crippen molar-refractivity contribution >= 4 is 28.0 Å². The summed E-state index contributed by atoms with van der Waals surface area (Å²) >= 11 is 3.16. The van der Waals surface area contributed by atoms with Crippen LogP contribution in [0.25, 0.3) is 0 Å². The third-order valence-corrected chi connectivity index (χ3v) is 3.16. The van der Waals surface area contributed by atoms with Crippen molar-refractivity contribution in [1.82, 2.24) is 9.88 Å². The van der Waals surface area contributed by atoms with Crippen LogP contribution in [0.3, 0.4) is 0 Å². The second kappa shape index (κ2) is 5.95. The van der Waals surface area contributed by atoms with Gasteiger partial charge in [-0.05, 0) is 47.3 Å². The van der Waals surface area contributed by atoms with Crippen molar-refractivity contribution in [3.63, 3.8) is 0 Å². The fraction of sp³-hybridized carbons (Fsp3) is 0.417. The lowest BCUT2D eigenvalue weighted by Crippen LogP contribution is -2.37. The number of ether oxygens (including phenoxy) is 1. The van der Waals surface area contributed by atoms with E-state index >= 15 is 0 Å². The first kappa shape index (κ1) is 13.0. The van der Waals surface area contributed by atoms with Crippen LogP contribution in [-0.2, 0) is 4.74 Å². The number of aromatic nitrogens is 1. The SMILES string of the molecule is O=C(OC(=O)N1CCCCC1)c1cccc(Br)n1. The Morgan fingerprint density at radius 3 is 2.61 bits per heavy atom. The first-order chi connectivity index (χ1) is 8.66. The van der Waals surface area contributed by atoms with Gasteiger partial charge in [0.05, 0.1) is 0 Å². The fourth-order valence-electron chi connectivity index (χ4n) is 1.79.